The van der Waals surface area contributed by atoms with Gasteiger partial charge in [-0.3, -0.25) is 9.79 Å². The molecule has 1 aliphatic rings. The molecule has 0 saturated carbocycles. The molecule has 128 valence electrons. The Morgan fingerprint density at radius 1 is 1.09 bits per heavy atom. The maximum atomic E-state index is 11.7. The minimum Gasteiger partial charge on any atom is -0.357 e. The van der Waals surface area contributed by atoms with Crippen LogP contribution in [0.3, 0.4) is 0 Å². The number of aliphatic imine (C=N–C) groups is 1. The Bertz CT molecular complexity index is 328. The van der Waals surface area contributed by atoms with Crippen molar-refractivity contribution in [2.24, 2.45) is 4.99 Å². The lowest BCUT2D eigenvalue weighted by molar-refractivity contribution is -0.121. The van der Waals surface area contributed by atoms with Crippen molar-refractivity contribution in [1.82, 2.24) is 10.2 Å². The van der Waals surface area contributed by atoms with E-state index in [9.17, 15) is 4.79 Å². The van der Waals surface area contributed by atoms with Crippen molar-refractivity contribution >= 4 is 11.7 Å². The molecule has 4 nitrogen and oxygen atoms in total. The molecule has 1 N–H and O–H groups in total. The molecule has 0 radical (unpaired) electrons. The SMILES string of the molecule is CCCCCCCCCCCC(=O)NCCN1CCN=C1C. The Morgan fingerprint density at radius 3 is 2.32 bits per heavy atom. The van der Waals surface area contributed by atoms with Gasteiger partial charge in [-0.15, -0.1) is 0 Å². The van der Waals surface area contributed by atoms with Gasteiger partial charge in [0.05, 0.1) is 12.4 Å². The van der Waals surface area contributed by atoms with Crippen molar-refractivity contribution in [1.29, 1.82) is 0 Å². The van der Waals surface area contributed by atoms with Gasteiger partial charge in [0.25, 0.3) is 0 Å². The molecule has 1 heterocycles. The predicted octanol–water partition coefficient (Wildman–Crippen LogP) is 3.76. The van der Waals surface area contributed by atoms with E-state index in [1.54, 1.807) is 0 Å². The number of carbonyl (C=O) groups is 1. The zero-order valence-electron chi connectivity index (χ0n) is 14.7. The molecule has 0 atom stereocenters. The maximum Gasteiger partial charge on any atom is 0.220 e. The van der Waals surface area contributed by atoms with Crippen LogP contribution in [0.15, 0.2) is 4.99 Å². The molecule has 1 amide bonds. The van der Waals surface area contributed by atoms with Crippen molar-refractivity contribution < 1.29 is 4.79 Å². The van der Waals surface area contributed by atoms with E-state index in [4.69, 9.17) is 0 Å². The molecular weight excluding hydrogens is 274 g/mol. The van der Waals surface area contributed by atoms with E-state index in [0.717, 1.165) is 38.4 Å². The van der Waals surface area contributed by atoms with Crippen LogP contribution < -0.4 is 5.32 Å². The van der Waals surface area contributed by atoms with Crippen LogP contribution in [0.25, 0.3) is 0 Å². The van der Waals surface area contributed by atoms with Gasteiger partial charge >= 0.3 is 0 Å². The fraction of sp³-hybridized carbons (Fsp3) is 0.889. The van der Waals surface area contributed by atoms with Crippen LogP contribution in [0.2, 0.25) is 0 Å². The third-order valence-corrected chi connectivity index (χ3v) is 4.38. The number of nitrogens with zero attached hydrogens (tertiary/aromatic N) is 2. The number of rotatable bonds is 13. The first-order chi connectivity index (χ1) is 10.7. The second-order valence-corrected chi connectivity index (χ2v) is 6.34. The number of amidine groups is 1. The zero-order chi connectivity index (χ0) is 16.0. The van der Waals surface area contributed by atoms with Crippen molar-refractivity contribution in [3.05, 3.63) is 0 Å². The number of amides is 1. The van der Waals surface area contributed by atoms with E-state index in [-0.39, 0.29) is 5.91 Å². The van der Waals surface area contributed by atoms with E-state index < -0.39 is 0 Å². The lowest BCUT2D eigenvalue weighted by Crippen LogP contribution is -2.35. The van der Waals surface area contributed by atoms with Crippen LogP contribution in [0, 0.1) is 0 Å². The summed E-state index contributed by atoms with van der Waals surface area (Å²) >= 11 is 0. The van der Waals surface area contributed by atoms with Gasteiger partial charge in [0.15, 0.2) is 0 Å². The van der Waals surface area contributed by atoms with Gasteiger partial charge in [-0.1, -0.05) is 58.3 Å². The molecule has 0 fully saturated rings. The van der Waals surface area contributed by atoms with Gasteiger partial charge in [-0.2, -0.15) is 0 Å². The van der Waals surface area contributed by atoms with Crippen LogP contribution in [-0.4, -0.2) is 42.8 Å². The summed E-state index contributed by atoms with van der Waals surface area (Å²) in [6.45, 7) is 7.82. The van der Waals surface area contributed by atoms with Crippen LogP contribution in [0.4, 0.5) is 0 Å². The normalized spacial score (nSPS) is 14.3. The number of carbonyl (C=O) groups excluding carboxylic acids is 1. The minimum absolute atomic E-state index is 0.205. The molecule has 1 rings (SSSR count). The van der Waals surface area contributed by atoms with Gasteiger partial charge < -0.3 is 10.2 Å². The van der Waals surface area contributed by atoms with Crippen LogP contribution in [-0.2, 0) is 4.79 Å². The van der Waals surface area contributed by atoms with Gasteiger partial charge in [0.2, 0.25) is 5.91 Å². The van der Waals surface area contributed by atoms with Crippen LogP contribution >= 0.6 is 0 Å². The summed E-state index contributed by atoms with van der Waals surface area (Å²) in [6.07, 6.45) is 12.4. The Morgan fingerprint density at radius 2 is 1.73 bits per heavy atom. The molecular formula is C18H35N3O. The monoisotopic (exact) mass is 309 g/mol. The summed E-state index contributed by atoms with van der Waals surface area (Å²) in [7, 11) is 0. The Hall–Kier alpha value is -1.06. The second-order valence-electron chi connectivity index (χ2n) is 6.34. The highest BCUT2D eigenvalue weighted by Gasteiger charge is 2.11. The van der Waals surface area contributed by atoms with Crippen molar-refractivity contribution in [3.8, 4) is 0 Å². The van der Waals surface area contributed by atoms with Crippen molar-refractivity contribution in [3.63, 3.8) is 0 Å². The van der Waals surface area contributed by atoms with E-state index in [1.807, 2.05) is 6.92 Å². The highest BCUT2D eigenvalue weighted by atomic mass is 16.1. The molecule has 22 heavy (non-hydrogen) atoms. The Labute approximate surface area is 136 Å². The molecule has 0 aromatic carbocycles. The van der Waals surface area contributed by atoms with E-state index >= 15 is 0 Å². The smallest absolute Gasteiger partial charge is 0.220 e. The first kappa shape index (κ1) is 19.0. The number of hydrogen-bond donors (Lipinski definition) is 1. The van der Waals surface area contributed by atoms with Gasteiger partial charge in [-0.25, -0.2) is 0 Å². The molecule has 0 unspecified atom stereocenters. The molecule has 1 aliphatic heterocycles. The lowest BCUT2D eigenvalue weighted by Gasteiger charge is -2.18. The standard InChI is InChI=1S/C18H35N3O/c1-3-4-5-6-7-8-9-10-11-12-18(22)20-14-16-21-15-13-19-17(21)2/h3-16H2,1-2H3,(H,20,22). The summed E-state index contributed by atoms with van der Waals surface area (Å²) in [5.41, 5.74) is 0. The maximum absolute atomic E-state index is 11.7. The number of nitrogens with one attached hydrogen (secondary N) is 1. The summed E-state index contributed by atoms with van der Waals surface area (Å²) in [4.78, 5) is 18.3. The van der Waals surface area contributed by atoms with Gasteiger partial charge in [0.1, 0.15) is 0 Å². The summed E-state index contributed by atoms with van der Waals surface area (Å²) in [5, 5.41) is 3.02. The second kappa shape index (κ2) is 12.5. The summed E-state index contributed by atoms with van der Waals surface area (Å²) in [6, 6.07) is 0. The predicted molar refractivity (Wildman–Crippen MR) is 94.4 cm³/mol. The third-order valence-electron chi connectivity index (χ3n) is 4.38. The van der Waals surface area contributed by atoms with Crippen molar-refractivity contribution in [2.75, 3.05) is 26.2 Å². The molecule has 0 spiro atoms. The van der Waals surface area contributed by atoms with E-state index in [2.05, 4.69) is 22.1 Å². The molecule has 0 bridgehead atoms. The topological polar surface area (TPSA) is 44.7 Å². The average Bonchev–Trinajstić information content (AvgIpc) is 2.91. The highest BCUT2D eigenvalue weighted by molar-refractivity contribution is 5.81. The fourth-order valence-electron chi connectivity index (χ4n) is 2.88. The lowest BCUT2D eigenvalue weighted by atomic mass is 10.1. The molecule has 0 aromatic rings. The number of unbranched alkanes of at least 4 members (excludes halogenated alkanes) is 8. The summed E-state index contributed by atoms with van der Waals surface area (Å²) < 4.78 is 0. The average molecular weight is 309 g/mol. The number of hydrogen-bond acceptors (Lipinski definition) is 3. The first-order valence-corrected chi connectivity index (χ1v) is 9.26. The molecule has 0 aromatic heterocycles. The van der Waals surface area contributed by atoms with Crippen LogP contribution in [0.1, 0.15) is 78.1 Å². The Balaban J connectivity index is 1.84. The first-order valence-electron chi connectivity index (χ1n) is 9.26. The molecule has 4 heteroatoms. The summed E-state index contributed by atoms with van der Waals surface area (Å²) in [5.74, 6) is 1.31. The molecule has 0 saturated heterocycles. The third kappa shape index (κ3) is 9.06. The van der Waals surface area contributed by atoms with Gasteiger partial charge in [-0.05, 0) is 13.3 Å². The molecule has 0 aliphatic carbocycles. The zero-order valence-corrected chi connectivity index (χ0v) is 14.7. The minimum atomic E-state index is 0.205. The van der Waals surface area contributed by atoms with Crippen molar-refractivity contribution in [2.45, 2.75) is 78.1 Å². The van der Waals surface area contributed by atoms with E-state index in [0.29, 0.717) is 6.42 Å². The van der Waals surface area contributed by atoms with Crippen LogP contribution in [0.5, 0.6) is 0 Å². The largest absolute Gasteiger partial charge is 0.357 e. The quantitative estimate of drug-likeness (QED) is 0.527. The van der Waals surface area contributed by atoms with Gasteiger partial charge in [0, 0.05) is 26.1 Å². The highest BCUT2D eigenvalue weighted by Crippen LogP contribution is 2.10. The Kier molecular flexibility index (Phi) is 10.8. The van der Waals surface area contributed by atoms with E-state index in [1.165, 1.54) is 51.4 Å². The fourth-order valence-corrected chi connectivity index (χ4v) is 2.88.